The van der Waals surface area contributed by atoms with Crippen LogP contribution >= 0.6 is 0 Å². The second-order valence-corrected chi connectivity index (χ2v) is 9.57. The van der Waals surface area contributed by atoms with E-state index in [2.05, 4.69) is 20.0 Å². The molecule has 8 nitrogen and oxygen atoms in total. The standard InChI is InChI=1S/C23H21N5O3S/c29-22(18-3-1-4-20(13-18)32(30,31)25-14-16-5-6-16)26-19-9-7-17(8-10-19)21-15-28-12-2-11-24-23(28)27-21/h1-4,7-13,15-16,25H,5-6,14H2,(H,26,29). The van der Waals surface area contributed by atoms with Gasteiger partial charge in [0.05, 0.1) is 10.6 Å². The van der Waals surface area contributed by atoms with Gasteiger partial charge in [-0.3, -0.25) is 9.20 Å². The summed E-state index contributed by atoms with van der Waals surface area (Å²) in [6, 6.07) is 15.2. The highest BCUT2D eigenvalue weighted by Crippen LogP contribution is 2.28. The third kappa shape index (κ3) is 4.39. The second kappa shape index (κ2) is 8.18. The minimum atomic E-state index is -3.64. The SMILES string of the molecule is O=C(Nc1ccc(-c2cn3cccnc3n2)cc1)c1cccc(S(=O)(=O)NCC2CC2)c1. The van der Waals surface area contributed by atoms with E-state index in [1.807, 2.05) is 35.0 Å². The van der Waals surface area contributed by atoms with Crippen molar-refractivity contribution in [3.63, 3.8) is 0 Å². The molecule has 0 unspecified atom stereocenters. The van der Waals surface area contributed by atoms with Gasteiger partial charge in [-0.25, -0.2) is 23.1 Å². The highest BCUT2D eigenvalue weighted by atomic mass is 32.2. The lowest BCUT2D eigenvalue weighted by Gasteiger charge is -2.09. The predicted molar refractivity (Wildman–Crippen MR) is 121 cm³/mol. The maximum Gasteiger partial charge on any atom is 0.255 e. The summed E-state index contributed by atoms with van der Waals surface area (Å²) in [5, 5.41) is 2.81. The van der Waals surface area contributed by atoms with E-state index >= 15 is 0 Å². The van der Waals surface area contributed by atoms with Gasteiger partial charge in [-0.15, -0.1) is 0 Å². The van der Waals surface area contributed by atoms with Crippen LogP contribution in [0.4, 0.5) is 5.69 Å². The molecule has 5 rings (SSSR count). The van der Waals surface area contributed by atoms with Crippen LogP contribution in [0.2, 0.25) is 0 Å². The molecule has 4 aromatic rings. The Morgan fingerprint density at radius 2 is 1.91 bits per heavy atom. The zero-order chi connectivity index (χ0) is 22.1. The molecule has 1 aliphatic carbocycles. The van der Waals surface area contributed by atoms with Crippen LogP contribution in [0.1, 0.15) is 23.2 Å². The van der Waals surface area contributed by atoms with Crippen LogP contribution in [0.3, 0.4) is 0 Å². The van der Waals surface area contributed by atoms with E-state index in [1.54, 1.807) is 30.5 Å². The molecule has 1 amide bonds. The fourth-order valence-electron chi connectivity index (χ4n) is 3.33. The lowest BCUT2D eigenvalue weighted by molar-refractivity contribution is 0.102. The van der Waals surface area contributed by atoms with Crippen LogP contribution in [-0.4, -0.2) is 35.2 Å². The van der Waals surface area contributed by atoms with Gasteiger partial charge in [0.15, 0.2) is 0 Å². The van der Waals surface area contributed by atoms with Crippen LogP contribution in [0.15, 0.2) is 78.1 Å². The van der Waals surface area contributed by atoms with Crippen LogP contribution in [0.5, 0.6) is 0 Å². The number of nitrogens with zero attached hydrogens (tertiary/aromatic N) is 3. The van der Waals surface area contributed by atoms with Crippen molar-refractivity contribution in [2.75, 3.05) is 11.9 Å². The number of hydrogen-bond donors (Lipinski definition) is 2. The van der Waals surface area contributed by atoms with E-state index in [0.29, 0.717) is 23.9 Å². The first-order valence-electron chi connectivity index (χ1n) is 10.3. The third-order valence-electron chi connectivity index (χ3n) is 5.34. The van der Waals surface area contributed by atoms with Gasteiger partial charge in [0.1, 0.15) is 0 Å². The number of amides is 1. The number of carbonyl (C=O) groups excluding carboxylic acids is 1. The highest BCUT2D eigenvalue weighted by molar-refractivity contribution is 7.89. The topological polar surface area (TPSA) is 105 Å². The summed E-state index contributed by atoms with van der Waals surface area (Å²) in [5.74, 6) is 0.659. The largest absolute Gasteiger partial charge is 0.322 e. The molecule has 0 radical (unpaired) electrons. The van der Waals surface area contributed by atoms with Gasteiger partial charge in [-0.1, -0.05) is 18.2 Å². The summed E-state index contributed by atoms with van der Waals surface area (Å²) in [6.45, 7) is 0.438. The molecule has 1 fully saturated rings. The zero-order valence-electron chi connectivity index (χ0n) is 17.1. The quantitative estimate of drug-likeness (QED) is 0.452. The van der Waals surface area contributed by atoms with Gasteiger partial charge in [0.25, 0.3) is 5.91 Å². The van der Waals surface area contributed by atoms with Gasteiger partial charge < -0.3 is 5.32 Å². The average molecular weight is 448 g/mol. The minimum Gasteiger partial charge on any atom is -0.322 e. The lowest BCUT2D eigenvalue weighted by Crippen LogP contribution is -2.26. The fourth-order valence-corrected chi connectivity index (χ4v) is 4.50. The minimum absolute atomic E-state index is 0.0848. The van der Waals surface area contributed by atoms with E-state index in [4.69, 9.17) is 0 Å². The monoisotopic (exact) mass is 447 g/mol. The fraction of sp³-hybridized carbons (Fsp3) is 0.174. The summed E-state index contributed by atoms with van der Waals surface area (Å²) in [5.41, 5.74) is 2.54. The molecular weight excluding hydrogens is 426 g/mol. The highest BCUT2D eigenvalue weighted by Gasteiger charge is 2.24. The number of sulfonamides is 1. The number of nitrogens with one attached hydrogen (secondary N) is 2. The normalized spacial score (nSPS) is 13.9. The van der Waals surface area contributed by atoms with Crippen molar-refractivity contribution >= 4 is 27.4 Å². The summed E-state index contributed by atoms with van der Waals surface area (Å²) >= 11 is 0. The Bertz CT molecular complexity index is 1360. The third-order valence-corrected chi connectivity index (χ3v) is 6.76. The number of benzene rings is 2. The van der Waals surface area contributed by atoms with Crippen molar-refractivity contribution in [2.45, 2.75) is 17.7 Å². The van der Waals surface area contributed by atoms with Crippen LogP contribution in [0, 0.1) is 5.92 Å². The number of hydrogen-bond acceptors (Lipinski definition) is 5. The molecule has 1 saturated carbocycles. The first kappa shape index (κ1) is 20.3. The van der Waals surface area contributed by atoms with Crippen LogP contribution < -0.4 is 10.0 Å². The molecule has 0 bridgehead atoms. The van der Waals surface area contributed by atoms with E-state index < -0.39 is 10.0 Å². The zero-order valence-corrected chi connectivity index (χ0v) is 17.9. The van der Waals surface area contributed by atoms with Gasteiger partial charge in [-0.05, 0) is 55.2 Å². The Balaban J connectivity index is 1.29. The number of imidazole rings is 1. The van der Waals surface area contributed by atoms with E-state index in [1.165, 1.54) is 12.1 Å². The molecule has 0 spiro atoms. The Hall–Kier alpha value is -3.56. The van der Waals surface area contributed by atoms with Gasteiger partial charge in [-0.2, -0.15) is 0 Å². The maximum atomic E-state index is 12.7. The van der Waals surface area contributed by atoms with Crippen molar-refractivity contribution < 1.29 is 13.2 Å². The van der Waals surface area contributed by atoms with Gasteiger partial charge >= 0.3 is 0 Å². The van der Waals surface area contributed by atoms with Crippen LogP contribution in [-0.2, 0) is 10.0 Å². The Morgan fingerprint density at radius 1 is 1.09 bits per heavy atom. The van der Waals surface area contributed by atoms with E-state index in [9.17, 15) is 13.2 Å². The summed E-state index contributed by atoms with van der Waals surface area (Å²) in [4.78, 5) is 21.5. The van der Waals surface area contributed by atoms with Crippen molar-refractivity contribution in [1.29, 1.82) is 0 Å². The van der Waals surface area contributed by atoms with Crippen LogP contribution in [0.25, 0.3) is 17.0 Å². The molecule has 0 aliphatic heterocycles. The first-order valence-corrected chi connectivity index (χ1v) is 11.8. The van der Waals surface area contributed by atoms with Crippen molar-refractivity contribution in [1.82, 2.24) is 19.1 Å². The second-order valence-electron chi connectivity index (χ2n) is 7.81. The molecule has 1 aliphatic rings. The van der Waals surface area contributed by atoms with Gasteiger partial charge in [0.2, 0.25) is 15.8 Å². The lowest BCUT2D eigenvalue weighted by atomic mass is 10.1. The molecule has 2 aromatic carbocycles. The van der Waals surface area contributed by atoms with E-state index in [-0.39, 0.29) is 16.4 Å². The molecule has 0 atom stereocenters. The number of carbonyl (C=O) groups is 1. The summed E-state index contributed by atoms with van der Waals surface area (Å²) < 4.78 is 29.4. The number of anilines is 1. The Labute approximate surface area is 185 Å². The smallest absolute Gasteiger partial charge is 0.255 e. The maximum absolute atomic E-state index is 12.7. The molecular formula is C23H21N5O3S. The average Bonchev–Trinajstić information content (AvgIpc) is 3.55. The first-order chi connectivity index (χ1) is 15.5. The Kier molecular flexibility index (Phi) is 5.20. The number of rotatable bonds is 7. The molecule has 2 aromatic heterocycles. The van der Waals surface area contributed by atoms with Crippen molar-refractivity contribution in [3.05, 3.63) is 78.8 Å². The molecule has 0 saturated heterocycles. The van der Waals surface area contributed by atoms with Gasteiger partial charge in [0, 0.05) is 41.9 Å². The molecule has 9 heteroatoms. The van der Waals surface area contributed by atoms with E-state index in [0.717, 1.165) is 24.1 Å². The molecule has 2 N–H and O–H groups in total. The number of fused-ring (bicyclic) bond motifs is 1. The number of aromatic nitrogens is 3. The predicted octanol–water partition coefficient (Wildman–Crippen LogP) is 3.34. The van der Waals surface area contributed by atoms with Crippen molar-refractivity contribution in [2.24, 2.45) is 5.92 Å². The summed E-state index contributed by atoms with van der Waals surface area (Å²) in [6.07, 6.45) is 7.56. The Morgan fingerprint density at radius 3 is 2.66 bits per heavy atom. The van der Waals surface area contributed by atoms with Crippen molar-refractivity contribution in [3.8, 4) is 11.3 Å². The summed E-state index contributed by atoms with van der Waals surface area (Å²) in [7, 11) is -3.64. The molecule has 162 valence electrons. The molecule has 2 heterocycles. The molecule has 32 heavy (non-hydrogen) atoms.